The summed E-state index contributed by atoms with van der Waals surface area (Å²) in [6.45, 7) is 8.06. The van der Waals surface area contributed by atoms with E-state index in [4.69, 9.17) is 4.74 Å². The standard InChI is InChI=1S/C29H28N4O4/c1-16-9-11-19-21(14-16)32-28(31-19)33-24(20-8-6-7-13-30-20)23(26(35)27(33)36)25(34)17-10-12-22(37-5)18(15-17)29(2,3)4/h6-15,24,34H,1-5H3,(H,31,32)/b25-23+. The minimum absolute atomic E-state index is 0.0506. The molecule has 1 aliphatic heterocycles. The fourth-order valence-electron chi connectivity index (χ4n) is 4.69. The lowest BCUT2D eigenvalue weighted by Gasteiger charge is -2.24. The maximum absolute atomic E-state index is 13.5. The summed E-state index contributed by atoms with van der Waals surface area (Å²) in [6.07, 6.45) is 1.59. The maximum Gasteiger partial charge on any atom is 0.302 e. The minimum Gasteiger partial charge on any atom is -0.507 e. The van der Waals surface area contributed by atoms with Gasteiger partial charge in [-0.15, -0.1) is 0 Å². The predicted molar refractivity (Wildman–Crippen MR) is 142 cm³/mol. The molecule has 1 aliphatic rings. The van der Waals surface area contributed by atoms with Crippen LogP contribution >= 0.6 is 0 Å². The molecule has 0 aliphatic carbocycles. The fourth-order valence-corrected chi connectivity index (χ4v) is 4.69. The summed E-state index contributed by atoms with van der Waals surface area (Å²) in [4.78, 5) is 40.3. The van der Waals surface area contributed by atoms with E-state index >= 15 is 0 Å². The number of H-pyrrole nitrogens is 1. The number of hydrogen-bond donors (Lipinski definition) is 2. The number of aryl methyl sites for hydroxylation is 1. The van der Waals surface area contributed by atoms with Crippen molar-refractivity contribution in [1.29, 1.82) is 0 Å². The van der Waals surface area contributed by atoms with E-state index in [1.807, 2.05) is 45.9 Å². The molecule has 2 aromatic heterocycles. The number of anilines is 1. The summed E-state index contributed by atoms with van der Waals surface area (Å²) in [5.74, 6) is -1.00. The average molecular weight is 497 g/mol. The molecule has 0 radical (unpaired) electrons. The number of nitrogens with one attached hydrogen (secondary N) is 1. The number of methoxy groups -OCH3 is 1. The van der Waals surface area contributed by atoms with Gasteiger partial charge in [0, 0.05) is 17.3 Å². The molecule has 3 heterocycles. The smallest absolute Gasteiger partial charge is 0.302 e. The molecule has 5 rings (SSSR count). The van der Waals surface area contributed by atoms with Crippen molar-refractivity contribution in [1.82, 2.24) is 15.0 Å². The van der Waals surface area contributed by atoms with Gasteiger partial charge in [0.05, 0.1) is 29.4 Å². The van der Waals surface area contributed by atoms with Gasteiger partial charge in [0.15, 0.2) is 0 Å². The van der Waals surface area contributed by atoms with Crippen LogP contribution in [0.25, 0.3) is 16.8 Å². The van der Waals surface area contributed by atoms with Crippen LogP contribution in [0.5, 0.6) is 5.75 Å². The summed E-state index contributed by atoms with van der Waals surface area (Å²) in [6, 6.07) is 15.2. The maximum atomic E-state index is 13.5. The third-order valence-electron chi connectivity index (χ3n) is 6.55. The first-order chi connectivity index (χ1) is 17.6. The molecular weight excluding hydrogens is 468 g/mol. The Morgan fingerprint density at radius 3 is 2.54 bits per heavy atom. The van der Waals surface area contributed by atoms with Crippen LogP contribution in [0.4, 0.5) is 5.95 Å². The minimum atomic E-state index is -0.969. The highest BCUT2D eigenvalue weighted by Gasteiger charge is 2.49. The topological polar surface area (TPSA) is 108 Å². The van der Waals surface area contributed by atoms with Crippen LogP contribution in [0.1, 0.15) is 49.2 Å². The average Bonchev–Trinajstić information content (AvgIpc) is 3.40. The van der Waals surface area contributed by atoms with Crippen LogP contribution < -0.4 is 9.64 Å². The quantitative estimate of drug-likeness (QED) is 0.228. The first-order valence-electron chi connectivity index (χ1n) is 12.0. The monoisotopic (exact) mass is 496 g/mol. The Morgan fingerprint density at radius 2 is 1.86 bits per heavy atom. The van der Waals surface area contributed by atoms with Gasteiger partial charge in [0.25, 0.3) is 5.78 Å². The van der Waals surface area contributed by atoms with Crippen LogP contribution in [0.2, 0.25) is 0 Å². The second-order valence-electron chi connectivity index (χ2n) is 10.2. The second kappa shape index (κ2) is 8.89. The van der Waals surface area contributed by atoms with E-state index in [1.54, 1.807) is 49.7 Å². The van der Waals surface area contributed by atoms with Gasteiger partial charge in [0.2, 0.25) is 5.95 Å². The van der Waals surface area contributed by atoms with Crippen LogP contribution in [0.3, 0.4) is 0 Å². The molecule has 2 aromatic carbocycles. The number of imidazole rings is 1. The van der Waals surface area contributed by atoms with Gasteiger partial charge in [0.1, 0.15) is 17.6 Å². The van der Waals surface area contributed by atoms with Gasteiger partial charge >= 0.3 is 5.91 Å². The Morgan fingerprint density at radius 1 is 1.08 bits per heavy atom. The van der Waals surface area contributed by atoms with Crippen molar-refractivity contribution >= 4 is 34.4 Å². The third kappa shape index (κ3) is 4.14. The molecule has 8 heteroatoms. The summed E-state index contributed by atoms with van der Waals surface area (Å²) in [5.41, 5.74) is 3.78. The molecule has 1 amide bonds. The Hall–Kier alpha value is -4.46. The van der Waals surface area contributed by atoms with E-state index in [1.165, 1.54) is 4.90 Å². The van der Waals surface area contributed by atoms with Gasteiger partial charge in [-0.2, -0.15) is 0 Å². The van der Waals surface area contributed by atoms with Gasteiger partial charge in [-0.25, -0.2) is 4.98 Å². The molecular formula is C29H28N4O4. The number of ketones is 1. The summed E-state index contributed by atoms with van der Waals surface area (Å²) >= 11 is 0. The molecule has 0 saturated carbocycles. The molecule has 8 nitrogen and oxygen atoms in total. The van der Waals surface area contributed by atoms with Crippen molar-refractivity contribution in [3.8, 4) is 5.75 Å². The number of amides is 1. The number of hydrogen-bond acceptors (Lipinski definition) is 6. The van der Waals surface area contributed by atoms with E-state index in [2.05, 4.69) is 15.0 Å². The Labute approximate surface area is 214 Å². The molecule has 1 saturated heterocycles. The number of Topliss-reactive ketones (excluding diaryl/α,β-unsaturated/α-hetero) is 1. The third-order valence-corrected chi connectivity index (χ3v) is 6.55. The van der Waals surface area contributed by atoms with E-state index in [9.17, 15) is 14.7 Å². The molecule has 4 aromatic rings. The summed E-state index contributed by atoms with van der Waals surface area (Å²) in [7, 11) is 1.59. The molecule has 37 heavy (non-hydrogen) atoms. The number of aliphatic hydroxyl groups is 1. The van der Waals surface area contributed by atoms with E-state index < -0.39 is 17.7 Å². The molecule has 2 N–H and O–H groups in total. The number of carbonyl (C=O) groups is 2. The van der Waals surface area contributed by atoms with E-state index in [0.29, 0.717) is 22.5 Å². The molecule has 0 bridgehead atoms. The summed E-state index contributed by atoms with van der Waals surface area (Å²) in [5, 5.41) is 11.5. The van der Waals surface area contributed by atoms with Gasteiger partial charge in [-0.05, 0) is 60.4 Å². The molecule has 0 spiro atoms. The van der Waals surface area contributed by atoms with Crippen LogP contribution in [0.15, 0.2) is 66.4 Å². The van der Waals surface area contributed by atoms with Crippen molar-refractivity contribution in [2.24, 2.45) is 0 Å². The second-order valence-corrected chi connectivity index (χ2v) is 10.2. The van der Waals surface area contributed by atoms with Crippen molar-refractivity contribution in [2.75, 3.05) is 12.0 Å². The lowest BCUT2D eigenvalue weighted by Crippen LogP contribution is -2.30. The lowest BCUT2D eigenvalue weighted by atomic mass is 9.84. The van der Waals surface area contributed by atoms with Crippen LogP contribution in [0, 0.1) is 6.92 Å². The van der Waals surface area contributed by atoms with Crippen molar-refractivity contribution in [3.63, 3.8) is 0 Å². The van der Waals surface area contributed by atoms with Gasteiger partial charge < -0.3 is 14.8 Å². The van der Waals surface area contributed by atoms with Crippen molar-refractivity contribution in [2.45, 2.75) is 39.2 Å². The summed E-state index contributed by atoms with van der Waals surface area (Å²) < 4.78 is 5.52. The van der Waals surface area contributed by atoms with E-state index in [-0.39, 0.29) is 22.7 Å². The number of aromatic amines is 1. The van der Waals surface area contributed by atoms with Gasteiger partial charge in [-0.1, -0.05) is 32.9 Å². The number of fused-ring (bicyclic) bond motifs is 1. The van der Waals surface area contributed by atoms with Gasteiger partial charge in [-0.3, -0.25) is 19.5 Å². The fraction of sp³-hybridized carbons (Fsp3) is 0.241. The number of rotatable bonds is 4. The number of benzene rings is 2. The highest BCUT2D eigenvalue weighted by atomic mass is 16.5. The highest BCUT2D eigenvalue weighted by molar-refractivity contribution is 6.51. The van der Waals surface area contributed by atoms with Crippen molar-refractivity contribution < 1.29 is 19.4 Å². The van der Waals surface area contributed by atoms with E-state index in [0.717, 1.165) is 16.6 Å². The molecule has 1 fully saturated rings. The number of aromatic nitrogens is 3. The molecule has 1 unspecified atom stereocenters. The number of ether oxygens (including phenoxy) is 1. The number of pyridine rings is 1. The molecule has 188 valence electrons. The van der Waals surface area contributed by atoms with Crippen molar-refractivity contribution in [3.05, 3.63) is 88.8 Å². The zero-order valence-corrected chi connectivity index (χ0v) is 21.4. The molecule has 1 atom stereocenters. The number of carbonyl (C=O) groups excluding carboxylic acids is 2. The predicted octanol–water partition coefficient (Wildman–Crippen LogP) is 5.20. The Bertz CT molecular complexity index is 1560. The first-order valence-corrected chi connectivity index (χ1v) is 12.0. The Balaban J connectivity index is 1.72. The highest BCUT2D eigenvalue weighted by Crippen LogP contribution is 2.42. The number of nitrogens with zero attached hydrogens (tertiary/aromatic N) is 3. The zero-order chi connectivity index (χ0) is 26.5. The largest absolute Gasteiger partial charge is 0.507 e. The SMILES string of the molecule is COc1ccc(/C(O)=C2\C(=O)C(=O)N(c3nc4ccc(C)cc4[nH]3)C2c2ccccn2)cc1C(C)(C)C. The first kappa shape index (κ1) is 24.2. The van der Waals surface area contributed by atoms with Crippen LogP contribution in [-0.4, -0.2) is 38.9 Å². The lowest BCUT2D eigenvalue weighted by molar-refractivity contribution is -0.132. The normalized spacial score (nSPS) is 17.5. The Kier molecular flexibility index (Phi) is 5.82. The number of aliphatic hydroxyl groups excluding tert-OH is 1. The van der Waals surface area contributed by atoms with Crippen LogP contribution in [-0.2, 0) is 15.0 Å². The zero-order valence-electron chi connectivity index (χ0n) is 21.4.